The van der Waals surface area contributed by atoms with E-state index in [1.807, 2.05) is 19.0 Å². The van der Waals surface area contributed by atoms with Gasteiger partial charge in [-0.25, -0.2) is 18.1 Å². The van der Waals surface area contributed by atoms with Crippen LogP contribution in [0.4, 0.5) is 0 Å². The molecule has 0 fully saturated rings. The van der Waals surface area contributed by atoms with Crippen LogP contribution in [0.5, 0.6) is 0 Å². The fraction of sp³-hybridized carbons (Fsp3) is 0.625. The minimum absolute atomic E-state index is 0.104. The molecule has 0 spiro atoms. The molecule has 0 amide bonds. The zero-order chi connectivity index (χ0) is 11.3. The molecule has 6 nitrogen and oxygen atoms in total. The molecule has 2 N–H and O–H groups in total. The average Bonchev–Trinajstić information content (AvgIpc) is 2.65. The summed E-state index contributed by atoms with van der Waals surface area (Å²) in [5.41, 5.74) is 0. The monoisotopic (exact) mass is 232 g/mol. The van der Waals surface area contributed by atoms with Gasteiger partial charge in [-0.3, -0.25) is 0 Å². The van der Waals surface area contributed by atoms with Gasteiger partial charge < -0.3 is 9.88 Å². The maximum atomic E-state index is 11.5. The van der Waals surface area contributed by atoms with Crippen LogP contribution in [0.25, 0.3) is 0 Å². The summed E-state index contributed by atoms with van der Waals surface area (Å²) in [6.07, 6.45) is 3.41. The third kappa shape index (κ3) is 3.98. The van der Waals surface area contributed by atoms with Crippen molar-refractivity contribution in [1.82, 2.24) is 19.6 Å². The van der Waals surface area contributed by atoms with Crippen LogP contribution in [0.2, 0.25) is 0 Å². The standard InChI is InChI=1S/C8H16N4O2S/c1-12(2)5-3-4-11-15(13,14)8-6-9-7-10-8/h6-7,11H,3-5H2,1-2H3,(H,9,10). The molecule has 1 heterocycles. The maximum absolute atomic E-state index is 11.5. The molecule has 0 bridgehead atoms. The Kier molecular flexibility index (Phi) is 4.25. The van der Waals surface area contributed by atoms with Crippen molar-refractivity contribution in [2.75, 3.05) is 27.2 Å². The van der Waals surface area contributed by atoms with E-state index in [9.17, 15) is 8.42 Å². The van der Waals surface area contributed by atoms with Gasteiger partial charge in [-0.2, -0.15) is 0 Å². The Morgan fingerprint density at radius 2 is 2.27 bits per heavy atom. The molecular weight excluding hydrogens is 216 g/mol. The zero-order valence-corrected chi connectivity index (χ0v) is 9.71. The van der Waals surface area contributed by atoms with Gasteiger partial charge in [0.25, 0.3) is 10.0 Å². The highest BCUT2D eigenvalue weighted by atomic mass is 32.2. The molecule has 15 heavy (non-hydrogen) atoms. The maximum Gasteiger partial charge on any atom is 0.257 e. The Morgan fingerprint density at radius 3 is 2.80 bits per heavy atom. The normalized spacial score (nSPS) is 12.2. The molecule has 0 saturated carbocycles. The van der Waals surface area contributed by atoms with Gasteiger partial charge in [0.2, 0.25) is 0 Å². The van der Waals surface area contributed by atoms with E-state index in [4.69, 9.17) is 0 Å². The molecule has 0 aromatic carbocycles. The third-order valence-corrected chi connectivity index (χ3v) is 3.22. The minimum atomic E-state index is -3.40. The molecule has 0 aliphatic carbocycles. The lowest BCUT2D eigenvalue weighted by molar-refractivity contribution is 0.400. The van der Waals surface area contributed by atoms with Crippen molar-refractivity contribution in [3.8, 4) is 0 Å². The predicted molar refractivity (Wildman–Crippen MR) is 56.9 cm³/mol. The van der Waals surface area contributed by atoms with Gasteiger partial charge in [0, 0.05) is 6.54 Å². The van der Waals surface area contributed by atoms with E-state index in [0.717, 1.165) is 13.0 Å². The fourth-order valence-electron chi connectivity index (χ4n) is 1.07. The summed E-state index contributed by atoms with van der Waals surface area (Å²) < 4.78 is 25.6. The number of rotatable bonds is 6. The lowest BCUT2D eigenvalue weighted by Crippen LogP contribution is -2.27. The summed E-state index contributed by atoms with van der Waals surface area (Å²) in [7, 11) is 0.494. The Hall–Kier alpha value is -0.920. The summed E-state index contributed by atoms with van der Waals surface area (Å²) in [5, 5.41) is 0.104. The molecule has 86 valence electrons. The topological polar surface area (TPSA) is 78.1 Å². The first-order valence-electron chi connectivity index (χ1n) is 4.65. The molecule has 0 saturated heterocycles. The molecule has 0 radical (unpaired) electrons. The highest BCUT2D eigenvalue weighted by molar-refractivity contribution is 7.89. The van der Waals surface area contributed by atoms with Crippen LogP contribution in [0.3, 0.4) is 0 Å². The highest BCUT2D eigenvalue weighted by Crippen LogP contribution is 2.01. The second kappa shape index (κ2) is 5.24. The van der Waals surface area contributed by atoms with Gasteiger partial charge in [0.05, 0.1) is 12.5 Å². The average molecular weight is 232 g/mol. The third-order valence-electron chi connectivity index (χ3n) is 1.84. The lowest BCUT2D eigenvalue weighted by atomic mass is 10.4. The largest absolute Gasteiger partial charge is 0.335 e. The lowest BCUT2D eigenvalue weighted by Gasteiger charge is -2.09. The van der Waals surface area contributed by atoms with Gasteiger partial charge in [-0.15, -0.1) is 0 Å². The Morgan fingerprint density at radius 1 is 1.53 bits per heavy atom. The van der Waals surface area contributed by atoms with Gasteiger partial charge in [0.1, 0.15) is 0 Å². The van der Waals surface area contributed by atoms with E-state index in [-0.39, 0.29) is 5.03 Å². The van der Waals surface area contributed by atoms with Crippen molar-refractivity contribution in [3.05, 3.63) is 12.5 Å². The van der Waals surface area contributed by atoms with Crippen LogP contribution in [-0.2, 0) is 10.0 Å². The van der Waals surface area contributed by atoms with E-state index in [1.165, 1.54) is 12.5 Å². The van der Waals surface area contributed by atoms with Crippen LogP contribution >= 0.6 is 0 Å². The SMILES string of the molecule is CN(C)CCCNS(=O)(=O)c1cnc[nH]1. The second-order valence-electron chi connectivity index (χ2n) is 3.47. The smallest absolute Gasteiger partial charge is 0.257 e. The molecule has 1 rings (SSSR count). The van der Waals surface area contributed by atoms with E-state index >= 15 is 0 Å². The first kappa shape index (κ1) is 12.2. The van der Waals surface area contributed by atoms with Gasteiger partial charge in [-0.05, 0) is 27.1 Å². The summed E-state index contributed by atoms with van der Waals surface area (Å²) in [5.74, 6) is 0. The van der Waals surface area contributed by atoms with E-state index in [2.05, 4.69) is 14.7 Å². The number of aromatic nitrogens is 2. The quantitative estimate of drug-likeness (QED) is 0.657. The van der Waals surface area contributed by atoms with E-state index < -0.39 is 10.0 Å². The number of sulfonamides is 1. The van der Waals surface area contributed by atoms with Crippen LogP contribution in [-0.4, -0.2) is 50.5 Å². The van der Waals surface area contributed by atoms with Crippen LogP contribution < -0.4 is 4.72 Å². The number of nitrogens with one attached hydrogen (secondary N) is 2. The van der Waals surface area contributed by atoms with Crippen molar-refractivity contribution in [3.63, 3.8) is 0 Å². The predicted octanol–water partition coefficient (Wildman–Crippen LogP) is -0.360. The first-order valence-corrected chi connectivity index (χ1v) is 6.13. The summed E-state index contributed by atoms with van der Waals surface area (Å²) >= 11 is 0. The van der Waals surface area contributed by atoms with Gasteiger partial charge in [-0.1, -0.05) is 0 Å². The number of hydrogen-bond acceptors (Lipinski definition) is 4. The van der Waals surface area contributed by atoms with Crippen molar-refractivity contribution in [2.24, 2.45) is 0 Å². The molecule has 7 heteroatoms. The molecule has 0 unspecified atom stereocenters. The van der Waals surface area contributed by atoms with E-state index in [0.29, 0.717) is 6.54 Å². The number of aromatic amines is 1. The Labute approximate surface area is 89.8 Å². The summed E-state index contributed by atoms with van der Waals surface area (Å²) in [6.45, 7) is 1.28. The molecule has 0 aliphatic rings. The summed E-state index contributed by atoms with van der Waals surface area (Å²) in [6, 6.07) is 0. The van der Waals surface area contributed by atoms with E-state index in [1.54, 1.807) is 0 Å². The number of hydrogen-bond donors (Lipinski definition) is 2. The molecular formula is C8H16N4O2S. The highest BCUT2D eigenvalue weighted by Gasteiger charge is 2.13. The molecule has 1 aromatic heterocycles. The van der Waals surface area contributed by atoms with Gasteiger partial charge in [0.15, 0.2) is 5.03 Å². The second-order valence-corrected chi connectivity index (χ2v) is 5.21. The van der Waals surface area contributed by atoms with Crippen molar-refractivity contribution in [1.29, 1.82) is 0 Å². The van der Waals surface area contributed by atoms with Crippen LogP contribution in [0.15, 0.2) is 17.6 Å². The Balaban J connectivity index is 2.39. The number of nitrogens with zero attached hydrogens (tertiary/aromatic N) is 2. The summed E-state index contributed by atoms with van der Waals surface area (Å²) in [4.78, 5) is 8.22. The number of H-pyrrole nitrogens is 1. The van der Waals surface area contributed by atoms with Crippen molar-refractivity contribution >= 4 is 10.0 Å². The molecule has 0 aliphatic heterocycles. The van der Waals surface area contributed by atoms with Gasteiger partial charge >= 0.3 is 0 Å². The Bertz CT molecular complexity index is 371. The first-order chi connectivity index (χ1) is 7.02. The molecule has 0 atom stereocenters. The van der Waals surface area contributed by atoms with Crippen LogP contribution in [0, 0.1) is 0 Å². The van der Waals surface area contributed by atoms with Crippen molar-refractivity contribution in [2.45, 2.75) is 11.4 Å². The fourth-order valence-corrected chi connectivity index (χ4v) is 2.05. The van der Waals surface area contributed by atoms with Crippen molar-refractivity contribution < 1.29 is 8.42 Å². The minimum Gasteiger partial charge on any atom is -0.335 e. The number of imidazole rings is 1. The van der Waals surface area contributed by atoms with Crippen LogP contribution in [0.1, 0.15) is 6.42 Å². The zero-order valence-electron chi connectivity index (χ0n) is 8.90. The molecule has 1 aromatic rings.